The third-order valence-electron chi connectivity index (χ3n) is 3.58. The molecule has 17 heavy (non-hydrogen) atoms. The first-order valence-electron chi connectivity index (χ1n) is 6.15. The van der Waals surface area contributed by atoms with E-state index in [1.165, 1.54) is 23.6 Å². The summed E-state index contributed by atoms with van der Waals surface area (Å²) >= 11 is 2.06. The molecule has 0 spiro atoms. The van der Waals surface area contributed by atoms with E-state index in [4.69, 9.17) is 5.26 Å². The fourth-order valence-electron chi connectivity index (χ4n) is 2.66. The van der Waals surface area contributed by atoms with Gasteiger partial charge in [-0.05, 0) is 24.7 Å². The van der Waals surface area contributed by atoms with E-state index in [0.29, 0.717) is 5.69 Å². The van der Waals surface area contributed by atoms with Gasteiger partial charge in [-0.3, -0.25) is 9.58 Å². The maximum absolute atomic E-state index is 8.89. The third kappa shape index (κ3) is 2.20. The first kappa shape index (κ1) is 11.1. The molecule has 0 aromatic carbocycles. The first-order chi connectivity index (χ1) is 8.36. The van der Waals surface area contributed by atoms with Crippen LogP contribution in [0.2, 0.25) is 0 Å². The Hall–Kier alpha value is -0.990. The molecule has 0 unspecified atom stereocenters. The molecule has 1 atom stereocenters. The molecule has 0 amide bonds. The molecule has 2 aliphatic rings. The van der Waals surface area contributed by atoms with Crippen molar-refractivity contribution >= 4 is 11.8 Å². The normalized spacial score (nSPS) is 25.2. The SMILES string of the molecule is N#Cc1cc2n(n1)CCCN([C@@H]1CCSC1)C2. The summed E-state index contributed by atoms with van der Waals surface area (Å²) in [7, 11) is 0. The zero-order valence-corrected chi connectivity index (χ0v) is 10.6. The Balaban J connectivity index is 1.80. The Morgan fingerprint density at radius 2 is 2.41 bits per heavy atom. The fraction of sp³-hybridized carbons (Fsp3) is 0.667. The van der Waals surface area contributed by atoms with E-state index in [9.17, 15) is 0 Å². The van der Waals surface area contributed by atoms with Crippen molar-refractivity contribution < 1.29 is 0 Å². The van der Waals surface area contributed by atoms with E-state index >= 15 is 0 Å². The van der Waals surface area contributed by atoms with Crippen LogP contribution in [0.15, 0.2) is 6.07 Å². The highest BCUT2D eigenvalue weighted by Crippen LogP contribution is 2.25. The summed E-state index contributed by atoms with van der Waals surface area (Å²) < 4.78 is 2.01. The molecule has 3 heterocycles. The van der Waals surface area contributed by atoms with E-state index in [-0.39, 0.29) is 0 Å². The lowest BCUT2D eigenvalue weighted by Gasteiger charge is -2.26. The minimum Gasteiger partial charge on any atom is -0.294 e. The van der Waals surface area contributed by atoms with Gasteiger partial charge in [0, 0.05) is 31.4 Å². The van der Waals surface area contributed by atoms with Gasteiger partial charge in [0.25, 0.3) is 0 Å². The van der Waals surface area contributed by atoms with Crippen LogP contribution >= 0.6 is 11.8 Å². The zero-order valence-electron chi connectivity index (χ0n) is 9.80. The van der Waals surface area contributed by atoms with Crippen LogP contribution in [0.4, 0.5) is 0 Å². The molecule has 5 heteroatoms. The lowest BCUT2D eigenvalue weighted by atomic mass is 10.2. The molecule has 4 nitrogen and oxygen atoms in total. The average Bonchev–Trinajstić information content (AvgIpc) is 2.95. The highest BCUT2D eigenvalue weighted by molar-refractivity contribution is 7.99. The van der Waals surface area contributed by atoms with Crippen molar-refractivity contribution in [2.45, 2.75) is 32.0 Å². The molecular formula is C12H16N4S. The minimum absolute atomic E-state index is 0.558. The molecule has 0 N–H and O–H groups in total. The van der Waals surface area contributed by atoms with E-state index in [1.807, 2.05) is 10.7 Å². The van der Waals surface area contributed by atoms with Gasteiger partial charge in [0.15, 0.2) is 5.69 Å². The van der Waals surface area contributed by atoms with Gasteiger partial charge in [-0.15, -0.1) is 0 Å². The summed E-state index contributed by atoms with van der Waals surface area (Å²) in [5, 5.41) is 13.2. The van der Waals surface area contributed by atoms with Crippen molar-refractivity contribution in [3.63, 3.8) is 0 Å². The van der Waals surface area contributed by atoms with E-state index in [2.05, 4.69) is 27.8 Å². The van der Waals surface area contributed by atoms with Gasteiger partial charge >= 0.3 is 0 Å². The van der Waals surface area contributed by atoms with Crippen molar-refractivity contribution in [3.05, 3.63) is 17.5 Å². The van der Waals surface area contributed by atoms with Crippen LogP contribution in [0, 0.1) is 11.3 Å². The summed E-state index contributed by atoms with van der Waals surface area (Å²) in [6.07, 6.45) is 2.45. The van der Waals surface area contributed by atoms with Crippen molar-refractivity contribution in [1.82, 2.24) is 14.7 Å². The summed E-state index contributed by atoms with van der Waals surface area (Å²) in [6, 6.07) is 4.81. The topological polar surface area (TPSA) is 44.9 Å². The molecule has 0 aliphatic carbocycles. The first-order valence-corrected chi connectivity index (χ1v) is 7.31. The summed E-state index contributed by atoms with van der Waals surface area (Å²) in [4.78, 5) is 2.57. The second-order valence-electron chi connectivity index (χ2n) is 4.70. The summed E-state index contributed by atoms with van der Waals surface area (Å²) in [6.45, 7) is 3.07. The number of hydrogen-bond donors (Lipinski definition) is 0. The number of aryl methyl sites for hydroxylation is 1. The maximum atomic E-state index is 8.89. The van der Waals surface area contributed by atoms with Gasteiger partial charge in [0.05, 0.1) is 5.69 Å². The van der Waals surface area contributed by atoms with Gasteiger partial charge in [-0.1, -0.05) is 0 Å². The quantitative estimate of drug-likeness (QED) is 0.755. The fourth-order valence-corrected chi connectivity index (χ4v) is 3.92. The Kier molecular flexibility index (Phi) is 3.08. The van der Waals surface area contributed by atoms with Crippen molar-refractivity contribution in [3.8, 4) is 6.07 Å². The number of fused-ring (bicyclic) bond motifs is 1. The molecular weight excluding hydrogens is 232 g/mol. The van der Waals surface area contributed by atoms with Crippen LogP contribution in [0.25, 0.3) is 0 Å². The molecule has 0 bridgehead atoms. The van der Waals surface area contributed by atoms with Crippen LogP contribution < -0.4 is 0 Å². The number of thioether (sulfide) groups is 1. The summed E-state index contributed by atoms with van der Waals surface area (Å²) in [5.74, 6) is 2.56. The van der Waals surface area contributed by atoms with Crippen LogP contribution in [0.3, 0.4) is 0 Å². The van der Waals surface area contributed by atoms with E-state index in [1.54, 1.807) is 0 Å². The predicted molar refractivity (Wildman–Crippen MR) is 67.7 cm³/mol. The predicted octanol–water partition coefficient (Wildman–Crippen LogP) is 1.47. The molecule has 2 aliphatic heterocycles. The van der Waals surface area contributed by atoms with E-state index < -0.39 is 0 Å². The Bertz CT molecular complexity index is 442. The Morgan fingerprint density at radius 3 is 3.18 bits per heavy atom. The van der Waals surface area contributed by atoms with Crippen molar-refractivity contribution in [2.24, 2.45) is 0 Å². The van der Waals surface area contributed by atoms with Gasteiger partial charge in [-0.25, -0.2) is 0 Å². The lowest BCUT2D eigenvalue weighted by molar-refractivity contribution is 0.207. The van der Waals surface area contributed by atoms with Crippen molar-refractivity contribution in [1.29, 1.82) is 5.26 Å². The molecule has 0 saturated carbocycles. The molecule has 90 valence electrons. The van der Waals surface area contributed by atoms with Crippen LogP contribution in [-0.4, -0.2) is 38.8 Å². The second-order valence-corrected chi connectivity index (χ2v) is 5.85. The highest BCUT2D eigenvalue weighted by Gasteiger charge is 2.25. The Morgan fingerprint density at radius 1 is 1.47 bits per heavy atom. The standard InChI is InChI=1S/C12H16N4S/c13-7-10-6-12-8-15(11-2-5-17-9-11)3-1-4-16(12)14-10/h6,11H,1-5,8-9H2/t11-/m1/s1. The number of nitrogens with zero attached hydrogens (tertiary/aromatic N) is 4. The number of nitriles is 1. The van der Waals surface area contributed by atoms with Gasteiger partial charge < -0.3 is 0 Å². The molecule has 1 aromatic heterocycles. The number of aromatic nitrogens is 2. The van der Waals surface area contributed by atoms with Crippen LogP contribution in [0.1, 0.15) is 24.2 Å². The number of rotatable bonds is 1. The monoisotopic (exact) mass is 248 g/mol. The number of hydrogen-bond acceptors (Lipinski definition) is 4. The Labute approximate surface area is 106 Å². The van der Waals surface area contributed by atoms with Crippen LogP contribution in [-0.2, 0) is 13.1 Å². The van der Waals surface area contributed by atoms with Crippen molar-refractivity contribution in [2.75, 3.05) is 18.1 Å². The maximum Gasteiger partial charge on any atom is 0.162 e. The summed E-state index contributed by atoms with van der Waals surface area (Å²) in [5.41, 5.74) is 1.76. The van der Waals surface area contributed by atoms with Gasteiger partial charge in [-0.2, -0.15) is 22.1 Å². The average molecular weight is 248 g/mol. The minimum atomic E-state index is 0.558. The highest BCUT2D eigenvalue weighted by atomic mass is 32.2. The molecule has 1 fully saturated rings. The lowest BCUT2D eigenvalue weighted by Crippen LogP contribution is -2.34. The van der Waals surface area contributed by atoms with Crippen LogP contribution in [0.5, 0.6) is 0 Å². The largest absolute Gasteiger partial charge is 0.294 e. The van der Waals surface area contributed by atoms with Gasteiger partial charge in [0.1, 0.15) is 6.07 Å². The van der Waals surface area contributed by atoms with E-state index in [0.717, 1.165) is 32.1 Å². The molecule has 0 radical (unpaired) electrons. The molecule has 1 saturated heterocycles. The smallest absolute Gasteiger partial charge is 0.162 e. The molecule has 1 aromatic rings. The second kappa shape index (κ2) is 4.71. The third-order valence-corrected chi connectivity index (χ3v) is 4.73. The molecule has 3 rings (SSSR count). The zero-order chi connectivity index (χ0) is 11.7. The van der Waals surface area contributed by atoms with Gasteiger partial charge in [0.2, 0.25) is 0 Å².